The lowest BCUT2D eigenvalue weighted by atomic mass is 9.76. The molecule has 0 unspecified atom stereocenters. The quantitative estimate of drug-likeness (QED) is 0.641. The van der Waals surface area contributed by atoms with Crippen molar-refractivity contribution >= 4 is 29.2 Å². The Morgan fingerprint density at radius 3 is 2.39 bits per heavy atom. The Balaban J connectivity index is 1.50. The van der Waals surface area contributed by atoms with Gasteiger partial charge in [0, 0.05) is 69.3 Å². The lowest BCUT2D eigenvalue weighted by molar-refractivity contribution is -0.159. The van der Waals surface area contributed by atoms with Crippen LogP contribution < -0.4 is 5.56 Å². The van der Waals surface area contributed by atoms with Crippen LogP contribution in [0.5, 0.6) is 0 Å². The van der Waals surface area contributed by atoms with Crippen molar-refractivity contribution in [3.63, 3.8) is 0 Å². The molecule has 5 heterocycles. The van der Waals surface area contributed by atoms with Gasteiger partial charge in [-0.25, -0.2) is 4.79 Å². The summed E-state index contributed by atoms with van der Waals surface area (Å²) in [6.45, 7) is 4.28. The number of fused-ring (bicyclic) bond motifs is 4. The fraction of sp³-hybridized carbons (Fsp3) is 0.500. The molecule has 0 spiro atoms. The molecular formula is C24H28N4O4S. The van der Waals surface area contributed by atoms with Crippen LogP contribution in [0.2, 0.25) is 0 Å². The van der Waals surface area contributed by atoms with Gasteiger partial charge >= 0.3 is 6.03 Å². The number of likely N-dealkylation sites (tertiary alicyclic amines) is 1. The topological polar surface area (TPSA) is 82.9 Å². The summed E-state index contributed by atoms with van der Waals surface area (Å²) in [5.41, 5.74) is 0.748. The van der Waals surface area contributed by atoms with Crippen LogP contribution in [0.25, 0.3) is 0 Å². The molecule has 8 nitrogen and oxygen atoms in total. The van der Waals surface area contributed by atoms with Crippen LogP contribution in [0.4, 0.5) is 4.79 Å². The largest absolute Gasteiger partial charge is 0.332 e. The average Bonchev–Trinajstić information content (AvgIpc) is 3.20. The van der Waals surface area contributed by atoms with Gasteiger partial charge in [0.2, 0.25) is 11.8 Å². The zero-order chi connectivity index (χ0) is 23.5. The molecule has 2 fully saturated rings. The van der Waals surface area contributed by atoms with Crippen LogP contribution in [0.3, 0.4) is 0 Å². The molecule has 2 bridgehead atoms. The number of piperidine rings is 1. The summed E-state index contributed by atoms with van der Waals surface area (Å²) < 4.78 is 1.87. The minimum atomic E-state index is -1.35. The second-order valence-electron chi connectivity index (χ2n) is 9.69. The van der Waals surface area contributed by atoms with Gasteiger partial charge in [0.15, 0.2) is 0 Å². The Kier molecular flexibility index (Phi) is 5.29. The number of urea groups is 1. The van der Waals surface area contributed by atoms with Gasteiger partial charge in [-0.2, -0.15) is 0 Å². The summed E-state index contributed by atoms with van der Waals surface area (Å²) >= 11 is 1.54. The molecular weight excluding hydrogens is 440 g/mol. The molecule has 2 aromatic heterocycles. The monoisotopic (exact) mass is 468 g/mol. The van der Waals surface area contributed by atoms with E-state index in [0.717, 1.165) is 32.4 Å². The predicted molar refractivity (Wildman–Crippen MR) is 124 cm³/mol. The van der Waals surface area contributed by atoms with Crippen LogP contribution in [0.15, 0.2) is 34.4 Å². The van der Waals surface area contributed by atoms with E-state index in [4.69, 9.17) is 0 Å². The molecule has 9 heteroatoms. The number of carbonyl (C=O) groups is 3. The third-order valence-corrected chi connectivity index (χ3v) is 8.50. The highest BCUT2D eigenvalue weighted by molar-refractivity contribution is 7.10. The third-order valence-electron chi connectivity index (χ3n) is 7.48. The summed E-state index contributed by atoms with van der Waals surface area (Å²) in [5.74, 6) is -0.410. The van der Waals surface area contributed by atoms with Gasteiger partial charge in [-0.3, -0.25) is 24.2 Å². The number of aromatic nitrogens is 1. The summed E-state index contributed by atoms with van der Waals surface area (Å²) in [6, 6.07) is 6.81. The summed E-state index contributed by atoms with van der Waals surface area (Å²) in [5, 5.41) is 1.97. The predicted octanol–water partition coefficient (Wildman–Crippen LogP) is 1.92. The van der Waals surface area contributed by atoms with Gasteiger partial charge < -0.3 is 9.47 Å². The first kappa shape index (κ1) is 22.0. The molecule has 0 N–H and O–H groups in total. The molecule has 2 atom stereocenters. The van der Waals surface area contributed by atoms with Crippen molar-refractivity contribution in [2.24, 2.45) is 11.3 Å². The van der Waals surface area contributed by atoms with E-state index in [1.54, 1.807) is 12.1 Å². The van der Waals surface area contributed by atoms with Crippen LogP contribution >= 0.6 is 11.3 Å². The Labute approximate surface area is 196 Å². The normalized spacial score (nSPS) is 24.9. The van der Waals surface area contributed by atoms with Crippen molar-refractivity contribution in [3.8, 4) is 0 Å². The second-order valence-corrected chi connectivity index (χ2v) is 10.7. The van der Waals surface area contributed by atoms with Gasteiger partial charge in [0.1, 0.15) is 5.41 Å². The van der Waals surface area contributed by atoms with Crippen LogP contribution in [-0.4, -0.2) is 70.8 Å². The molecule has 0 radical (unpaired) electrons. The number of hydrogen-bond acceptors (Lipinski definition) is 6. The maximum atomic E-state index is 13.6. The highest BCUT2D eigenvalue weighted by Gasteiger charge is 2.57. The Morgan fingerprint density at radius 2 is 1.73 bits per heavy atom. The summed E-state index contributed by atoms with van der Waals surface area (Å²) in [7, 11) is 2.91. The maximum absolute atomic E-state index is 13.6. The molecule has 2 saturated heterocycles. The molecule has 0 saturated carbocycles. The molecule has 4 amide bonds. The zero-order valence-corrected chi connectivity index (χ0v) is 19.9. The highest BCUT2D eigenvalue weighted by atomic mass is 32.1. The zero-order valence-electron chi connectivity index (χ0n) is 19.1. The van der Waals surface area contributed by atoms with E-state index in [1.165, 1.54) is 25.4 Å². The van der Waals surface area contributed by atoms with E-state index in [9.17, 15) is 19.2 Å². The van der Waals surface area contributed by atoms with Crippen LogP contribution in [0.1, 0.15) is 28.5 Å². The van der Waals surface area contributed by atoms with Crippen molar-refractivity contribution in [3.05, 3.63) is 56.1 Å². The molecule has 3 aliphatic rings. The molecule has 3 aliphatic heterocycles. The first-order chi connectivity index (χ1) is 15.7. The molecule has 2 aromatic rings. The average molecular weight is 469 g/mol. The van der Waals surface area contributed by atoms with E-state index in [0.29, 0.717) is 19.6 Å². The van der Waals surface area contributed by atoms with Crippen molar-refractivity contribution in [1.29, 1.82) is 0 Å². The third kappa shape index (κ3) is 3.45. The highest BCUT2D eigenvalue weighted by Crippen LogP contribution is 2.40. The van der Waals surface area contributed by atoms with Crippen LogP contribution in [-0.2, 0) is 22.6 Å². The van der Waals surface area contributed by atoms with Crippen molar-refractivity contribution < 1.29 is 14.4 Å². The fourth-order valence-corrected chi connectivity index (χ4v) is 6.86. The number of pyridine rings is 1. The summed E-state index contributed by atoms with van der Waals surface area (Å²) in [6.07, 6.45) is 1.27. The SMILES string of the molecule is Cc1ccsc1CC1(CN2C[C@@H]3C[C@H](C2)c2cccc(=O)n2C3)C(=O)N(C)C(=O)N(C)C1=O. The van der Waals surface area contributed by atoms with Gasteiger partial charge in [-0.05, 0) is 42.3 Å². The smallest absolute Gasteiger partial charge is 0.312 e. The number of aryl methyl sites for hydroxylation is 1. The van der Waals surface area contributed by atoms with Crippen molar-refractivity contribution in [1.82, 2.24) is 19.3 Å². The van der Waals surface area contributed by atoms with E-state index in [-0.39, 0.29) is 30.4 Å². The van der Waals surface area contributed by atoms with Crippen molar-refractivity contribution in [2.45, 2.75) is 32.2 Å². The molecule has 33 heavy (non-hydrogen) atoms. The lowest BCUT2D eigenvalue weighted by Crippen LogP contribution is -2.67. The van der Waals surface area contributed by atoms with E-state index in [1.807, 2.05) is 29.0 Å². The number of thiophene rings is 1. The first-order valence-electron chi connectivity index (χ1n) is 11.3. The molecule has 0 aliphatic carbocycles. The molecule has 5 rings (SSSR count). The standard InChI is InChI=1S/C24H28N4O4S/c1-15-7-8-33-19(15)10-24(21(30)25(2)23(32)26(3)22(24)31)14-27-11-16-9-17(13-27)18-5-4-6-20(29)28(18)12-16/h4-8,16-17H,9-14H2,1-3H3/t16-,17+/m0/s1. The number of amides is 4. The van der Waals surface area contributed by atoms with Crippen molar-refractivity contribution in [2.75, 3.05) is 33.7 Å². The van der Waals surface area contributed by atoms with Gasteiger partial charge in [-0.1, -0.05) is 6.07 Å². The van der Waals surface area contributed by atoms with E-state index in [2.05, 4.69) is 4.90 Å². The van der Waals surface area contributed by atoms with Gasteiger partial charge in [0.05, 0.1) is 0 Å². The number of barbiturate groups is 1. The Bertz CT molecular complexity index is 1180. The number of nitrogens with zero attached hydrogens (tertiary/aromatic N) is 4. The summed E-state index contributed by atoms with van der Waals surface area (Å²) in [4.78, 5) is 57.4. The van der Waals surface area contributed by atoms with E-state index >= 15 is 0 Å². The second kappa shape index (κ2) is 7.92. The van der Waals surface area contributed by atoms with Gasteiger partial charge in [0.25, 0.3) is 5.56 Å². The fourth-order valence-electron chi connectivity index (χ4n) is 5.84. The molecule has 0 aromatic carbocycles. The number of hydrogen-bond donors (Lipinski definition) is 0. The van der Waals surface area contributed by atoms with Crippen LogP contribution in [0, 0.1) is 18.3 Å². The minimum Gasteiger partial charge on any atom is -0.312 e. The number of rotatable bonds is 4. The number of carbonyl (C=O) groups excluding carboxylic acids is 3. The Hall–Kier alpha value is -2.78. The number of imide groups is 2. The first-order valence-corrected chi connectivity index (χ1v) is 12.1. The van der Waals surface area contributed by atoms with Gasteiger partial charge in [-0.15, -0.1) is 11.3 Å². The lowest BCUT2D eigenvalue weighted by Gasteiger charge is -2.48. The molecule has 174 valence electrons. The Morgan fingerprint density at radius 1 is 1.00 bits per heavy atom. The minimum absolute atomic E-state index is 0.0275. The maximum Gasteiger partial charge on any atom is 0.332 e. The van der Waals surface area contributed by atoms with E-state index < -0.39 is 23.3 Å².